The molecule has 2 aliphatic rings. The van der Waals surface area contributed by atoms with Crippen molar-refractivity contribution in [3.05, 3.63) is 30.1 Å². The lowest BCUT2D eigenvalue weighted by atomic mass is 9.68. The van der Waals surface area contributed by atoms with Crippen LogP contribution in [-0.4, -0.2) is 22.6 Å². The molecule has 1 amide bonds. The van der Waals surface area contributed by atoms with E-state index in [1.54, 1.807) is 12.4 Å². The summed E-state index contributed by atoms with van der Waals surface area (Å²) in [4.78, 5) is 21.6. The monoisotopic (exact) mass is 345 g/mol. The number of nitrogens with one attached hydrogen (secondary N) is 1. The Kier molecular flexibility index (Phi) is 4.97. The van der Waals surface area contributed by atoms with Crippen LogP contribution in [0.1, 0.15) is 58.4 Å². The maximum absolute atomic E-state index is 11.9. The first-order chi connectivity index (χ1) is 11.9. The molecule has 0 bridgehead atoms. The van der Waals surface area contributed by atoms with Gasteiger partial charge in [-0.25, -0.2) is 4.79 Å². The molecule has 0 radical (unpaired) electrons. The fourth-order valence-corrected chi connectivity index (χ4v) is 3.64. The molecule has 1 aromatic rings. The minimum atomic E-state index is -0.500. The van der Waals surface area contributed by atoms with Crippen LogP contribution in [0, 0.1) is 11.3 Å². The predicted octanol–water partition coefficient (Wildman–Crippen LogP) is 4.02. The van der Waals surface area contributed by atoms with Crippen molar-refractivity contribution in [3.8, 4) is 0 Å². The van der Waals surface area contributed by atoms with Crippen molar-refractivity contribution >= 4 is 12.0 Å². The highest BCUT2D eigenvalue weighted by Crippen LogP contribution is 2.46. The first-order valence-electron chi connectivity index (χ1n) is 8.96. The van der Waals surface area contributed by atoms with Crippen LogP contribution in [0.4, 0.5) is 4.79 Å². The van der Waals surface area contributed by atoms with Crippen LogP contribution in [0.15, 0.2) is 29.7 Å². The second-order valence-electron chi connectivity index (χ2n) is 8.17. The van der Waals surface area contributed by atoms with Gasteiger partial charge < -0.3 is 14.9 Å². The van der Waals surface area contributed by atoms with Crippen molar-refractivity contribution in [2.75, 3.05) is 0 Å². The zero-order valence-corrected chi connectivity index (χ0v) is 15.2. The van der Waals surface area contributed by atoms with E-state index in [4.69, 9.17) is 9.57 Å². The van der Waals surface area contributed by atoms with E-state index >= 15 is 0 Å². The highest BCUT2D eigenvalue weighted by molar-refractivity contribution is 5.89. The van der Waals surface area contributed by atoms with Crippen LogP contribution in [0.3, 0.4) is 0 Å². The Morgan fingerprint density at radius 3 is 2.64 bits per heavy atom. The fraction of sp³-hybridized carbons (Fsp3) is 0.632. The molecule has 6 nitrogen and oxygen atoms in total. The van der Waals surface area contributed by atoms with Crippen LogP contribution in [-0.2, 0) is 16.1 Å². The molecule has 0 saturated heterocycles. The molecular weight excluding hydrogens is 318 g/mol. The van der Waals surface area contributed by atoms with Gasteiger partial charge >= 0.3 is 6.09 Å². The van der Waals surface area contributed by atoms with E-state index in [1.165, 1.54) is 0 Å². The fourth-order valence-electron chi connectivity index (χ4n) is 3.64. The molecule has 1 aliphatic carbocycles. The summed E-state index contributed by atoms with van der Waals surface area (Å²) in [5, 5.41) is 6.74. The van der Waals surface area contributed by atoms with Gasteiger partial charge in [0.25, 0.3) is 0 Å². The quantitative estimate of drug-likeness (QED) is 0.879. The van der Waals surface area contributed by atoms with Gasteiger partial charge in [-0.2, -0.15) is 0 Å². The summed E-state index contributed by atoms with van der Waals surface area (Å²) in [5.74, 6) is 1.08. The highest BCUT2D eigenvalue weighted by atomic mass is 16.7. The molecule has 1 spiro atoms. The normalized spacial score (nSPS) is 26.0. The molecule has 6 heteroatoms. The zero-order valence-electron chi connectivity index (χ0n) is 15.2. The molecule has 1 saturated carbocycles. The zero-order chi connectivity index (χ0) is 17.9. The number of ether oxygens (including phenoxy) is 1. The van der Waals surface area contributed by atoms with Crippen LogP contribution in [0.25, 0.3) is 0 Å². The summed E-state index contributed by atoms with van der Waals surface area (Å²) in [6, 6.07) is 3.69. The number of pyridine rings is 1. The number of alkyl carbamates (subject to hydrolysis) is 1. The Morgan fingerprint density at radius 2 is 2.00 bits per heavy atom. The number of nitrogens with zero attached hydrogens (tertiary/aromatic N) is 2. The Balaban J connectivity index is 1.44. The SMILES string of the molecule is CC(C)(C)C1CCC2(CC1)CC(OC(=O)NCc1ccncc1)=NO2. The number of oxime groups is 1. The summed E-state index contributed by atoms with van der Waals surface area (Å²) < 4.78 is 5.31. The van der Waals surface area contributed by atoms with Crippen molar-refractivity contribution in [1.29, 1.82) is 0 Å². The van der Waals surface area contributed by atoms with E-state index in [0.717, 1.165) is 31.2 Å². The summed E-state index contributed by atoms with van der Waals surface area (Å²) in [6.45, 7) is 7.28. The van der Waals surface area contributed by atoms with Crippen molar-refractivity contribution < 1.29 is 14.4 Å². The van der Waals surface area contributed by atoms with E-state index in [9.17, 15) is 4.79 Å². The predicted molar refractivity (Wildman–Crippen MR) is 94.8 cm³/mol. The van der Waals surface area contributed by atoms with Gasteiger partial charge in [0.2, 0.25) is 5.90 Å². The van der Waals surface area contributed by atoms with E-state index in [2.05, 4.69) is 36.2 Å². The number of aromatic nitrogens is 1. The average Bonchev–Trinajstić information content (AvgIpc) is 2.95. The van der Waals surface area contributed by atoms with Gasteiger partial charge in [-0.3, -0.25) is 4.98 Å². The lowest BCUT2D eigenvalue weighted by molar-refractivity contribution is -0.0640. The maximum Gasteiger partial charge on any atom is 0.414 e. The second-order valence-corrected chi connectivity index (χ2v) is 8.17. The Hall–Kier alpha value is -2.11. The largest absolute Gasteiger partial charge is 0.414 e. The molecule has 136 valence electrons. The van der Waals surface area contributed by atoms with Gasteiger partial charge in [-0.05, 0) is 54.7 Å². The van der Waals surface area contributed by atoms with E-state index in [0.29, 0.717) is 30.2 Å². The first kappa shape index (κ1) is 17.7. The molecule has 1 fully saturated rings. The number of hydrogen-bond donors (Lipinski definition) is 1. The van der Waals surface area contributed by atoms with Crippen LogP contribution in [0.5, 0.6) is 0 Å². The molecule has 3 rings (SSSR count). The van der Waals surface area contributed by atoms with Crippen LogP contribution >= 0.6 is 0 Å². The molecular formula is C19H27N3O3. The van der Waals surface area contributed by atoms with E-state index in [1.807, 2.05) is 12.1 Å². The maximum atomic E-state index is 11.9. The van der Waals surface area contributed by atoms with Gasteiger partial charge in [-0.15, -0.1) is 0 Å². The van der Waals surface area contributed by atoms with Gasteiger partial charge in [0.15, 0.2) is 0 Å². The summed E-state index contributed by atoms with van der Waals surface area (Å²) in [6.07, 6.45) is 7.63. The molecule has 1 aromatic heterocycles. The van der Waals surface area contributed by atoms with Crippen molar-refractivity contribution in [3.63, 3.8) is 0 Å². The summed E-state index contributed by atoms with van der Waals surface area (Å²) in [7, 11) is 0. The van der Waals surface area contributed by atoms with Crippen molar-refractivity contribution in [2.24, 2.45) is 16.5 Å². The average molecular weight is 345 g/mol. The number of hydrogen-bond acceptors (Lipinski definition) is 5. The van der Waals surface area contributed by atoms with E-state index < -0.39 is 6.09 Å². The molecule has 0 unspecified atom stereocenters. The minimum Gasteiger partial charge on any atom is -0.392 e. The minimum absolute atomic E-state index is 0.275. The van der Waals surface area contributed by atoms with Gasteiger partial charge in [-0.1, -0.05) is 25.9 Å². The Bertz CT molecular complexity index is 629. The summed E-state index contributed by atoms with van der Waals surface area (Å²) >= 11 is 0. The number of carbonyl (C=O) groups is 1. The lowest BCUT2D eigenvalue weighted by Gasteiger charge is -2.40. The molecule has 1 aliphatic heterocycles. The number of amides is 1. The van der Waals surface area contributed by atoms with Crippen LogP contribution in [0.2, 0.25) is 0 Å². The first-order valence-corrected chi connectivity index (χ1v) is 8.96. The number of rotatable bonds is 2. The Morgan fingerprint density at radius 1 is 1.32 bits per heavy atom. The van der Waals surface area contributed by atoms with Crippen LogP contribution < -0.4 is 5.32 Å². The third-order valence-corrected chi connectivity index (χ3v) is 5.33. The van der Waals surface area contributed by atoms with E-state index in [-0.39, 0.29) is 5.60 Å². The van der Waals surface area contributed by atoms with Gasteiger partial charge in [0.05, 0.1) is 6.42 Å². The molecule has 0 atom stereocenters. The Labute approximate surface area is 149 Å². The van der Waals surface area contributed by atoms with Crippen molar-refractivity contribution in [2.45, 2.75) is 65.0 Å². The lowest BCUT2D eigenvalue weighted by Crippen LogP contribution is -2.38. The summed E-state index contributed by atoms with van der Waals surface area (Å²) in [5.41, 5.74) is 1.02. The standard InChI is InChI=1S/C19H27N3O3/c1-18(2,3)15-4-8-19(9-5-15)12-16(22-25-19)24-17(23)21-13-14-6-10-20-11-7-14/h6-7,10-11,15H,4-5,8-9,12-13H2,1-3H3,(H,21,23). The van der Waals surface area contributed by atoms with Gasteiger partial charge in [0, 0.05) is 18.9 Å². The third-order valence-electron chi connectivity index (χ3n) is 5.33. The second kappa shape index (κ2) is 7.02. The molecule has 1 N–H and O–H groups in total. The smallest absolute Gasteiger partial charge is 0.392 e. The van der Waals surface area contributed by atoms with Gasteiger partial charge in [0.1, 0.15) is 5.60 Å². The topological polar surface area (TPSA) is 72.8 Å². The number of carbonyl (C=O) groups excluding carboxylic acids is 1. The van der Waals surface area contributed by atoms with Crippen molar-refractivity contribution in [1.82, 2.24) is 10.3 Å². The molecule has 25 heavy (non-hydrogen) atoms. The highest BCUT2D eigenvalue weighted by Gasteiger charge is 2.45. The molecule has 2 heterocycles. The third kappa shape index (κ3) is 4.50. The molecule has 0 aromatic carbocycles.